The average molecular weight is 299 g/mol. The number of anilines is 1. The van der Waals surface area contributed by atoms with Gasteiger partial charge in [0, 0.05) is 0 Å². The maximum Gasteiger partial charge on any atom is 0.262 e. The minimum atomic E-state index is -0.214. The van der Waals surface area contributed by atoms with Crippen molar-refractivity contribution >= 4 is 11.6 Å². The fourth-order valence-corrected chi connectivity index (χ4v) is 2.04. The summed E-state index contributed by atoms with van der Waals surface area (Å²) in [5, 5.41) is 2.81. The van der Waals surface area contributed by atoms with Crippen molar-refractivity contribution in [1.29, 1.82) is 0 Å². The Hall–Kier alpha value is -2.49. The molecule has 116 valence electrons. The van der Waals surface area contributed by atoms with Crippen molar-refractivity contribution in [1.82, 2.24) is 0 Å². The van der Waals surface area contributed by atoms with Gasteiger partial charge in [-0.1, -0.05) is 31.2 Å². The molecule has 1 N–H and O–H groups in total. The lowest BCUT2D eigenvalue weighted by atomic mass is 10.2. The molecule has 0 aliphatic rings. The number of hydrogen-bond acceptors (Lipinski definition) is 3. The van der Waals surface area contributed by atoms with Gasteiger partial charge in [0.1, 0.15) is 11.5 Å². The largest absolute Gasteiger partial charge is 0.492 e. The van der Waals surface area contributed by atoms with Gasteiger partial charge in [-0.2, -0.15) is 0 Å². The molecule has 0 aromatic heterocycles. The molecule has 4 nitrogen and oxygen atoms in total. The van der Waals surface area contributed by atoms with Crippen molar-refractivity contribution in [2.45, 2.75) is 20.3 Å². The Morgan fingerprint density at radius 1 is 1.05 bits per heavy atom. The van der Waals surface area contributed by atoms with Gasteiger partial charge in [0.15, 0.2) is 6.61 Å². The number of benzene rings is 2. The molecule has 0 atom stereocenters. The quantitative estimate of drug-likeness (QED) is 0.848. The Labute approximate surface area is 131 Å². The van der Waals surface area contributed by atoms with Crippen molar-refractivity contribution in [3.05, 3.63) is 54.1 Å². The number of carbonyl (C=O) groups is 1. The van der Waals surface area contributed by atoms with E-state index >= 15 is 0 Å². The molecular formula is C18H21NO3. The van der Waals surface area contributed by atoms with E-state index in [0.29, 0.717) is 23.8 Å². The molecule has 4 heteroatoms. The highest BCUT2D eigenvalue weighted by Crippen LogP contribution is 2.23. The Morgan fingerprint density at radius 2 is 1.86 bits per heavy atom. The first-order valence-corrected chi connectivity index (χ1v) is 7.46. The van der Waals surface area contributed by atoms with Crippen LogP contribution in [0.5, 0.6) is 11.5 Å². The van der Waals surface area contributed by atoms with E-state index in [1.807, 2.05) is 49.4 Å². The van der Waals surface area contributed by atoms with E-state index in [0.717, 1.165) is 6.42 Å². The van der Waals surface area contributed by atoms with E-state index in [4.69, 9.17) is 9.47 Å². The minimum absolute atomic E-state index is 0.0341. The Morgan fingerprint density at radius 3 is 2.64 bits per heavy atom. The molecule has 2 aromatic carbocycles. The first-order chi connectivity index (χ1) is 10.7. The molecule has 0 aliphatic carbocycles. The molecule has 0 saturated carbocycles. The highest BCUT2D eigenvalue weighted by atomic mass is 16.5. The number of hydrogen-bond donors (Lipinski definition) is 1. The molecule has 0 bridgehead atoms. The number of amides is 1. The zero-order chi connectivity index (χ0) is 15.8. The zero-order valence-corrected chi connectivity index (χ0v) is 13.0. The second kappa shape index (κ2) is 8.08. The van der Waals surface area contributed by atoms with Crippen LogP contribution < -0.4 is 14.8 Å². The number of para-hydroxylation sites is 2. The van der Waals surface area contributed by atoms with Crippen molar-refractivity contribution in [2.24, 2.45) is 0 Å². The van der Waals surface area contributed by atoms with E-state index < -0.39 is 0 Å². The molecular weight excluding hydrogens is 278 g/mol. The van der Waals surface area contributed by atoms with Crippen LogP contribution in [0.2, 0.25) is 0 Å². The highest BCUT2D eigenvalue weighted by Gasteiger charge is 2.08. The Balaban J connectivity index is 1.93. The lowest BCUT2D eigenvalue weighted by molar-refractivity contribution is -0.118. The number of aryl methyl sites for hydroxylation is 1. The molecule has 0 aliphatic heterocycles. The lowest BCUT2D eigenvalue weighted by Gasteiger charge is -2.12. The van der Waals surface area contributed by atoms with Crippen molar-refractivity contribution in [2.75, 3.05) is 18.5 Å². The van der Waals surface area contributed by atoms with E-state index in [2.05, 4.69) is 12.2 Å². The summed E-state index contributed by atoms with van der Waals surface area (Å²) in [5.74, 6) is 1.15. The fraction of sp³-hybridized carbons (Fsp3) is 0.278. The van der Waals surface area contributed by atoms with E-state index in [-0.39, 0.29) is 12.5 Å². The van der Waals surface area contributed by atoms with Crippen molar-refractivity contribution < 1.29 is 14.3 Å². The summed E-state index contributed by atoms with van der Waals surface area (Å²) in [4.78, 5) is 12.0. The number of nitrogens with one attached hydrogen (secondary N) is 1. The van der Waals surface area contributed by atoms with Crippen LogP contribution >= 0.6 is 0 Å². The van der Waals surface area contributed by atoms with Crippen LogP contribution in [0, 0.1) is 0 Å². The third-order valence-corrected chi connectivity index (χ3v) is 3.14. The molecule has 2 aromatic rings. The maximum absolute atomic E-state index is 12.0. The maximum atomic E-state index is 12.0. The van der Waals surface area contributed by atoms with Gasteiger partial charge in [-0.05, 0) is 43.2 Å². The number of rotatable bonds is 7. The van der Waals surface area contributed by atoms with Gasteiger partial charge in [0.05, 0.1) is 12.3 Å². The molecule has 2 rings (SSSR count). The number of carbonyl (C=O) groups excluding carboxylic acids is 1. The molecule has 0 saturated heterocycles. The normalized spacial score (nSPS) is 10.1. The smallest absolute Gasteiger partial charge is 0.262 e. The van der Waals surface area contributed by atoms with Crippen LogP contribution in [0.1, 0.15) is 19.4 Å². The summed E-state index contributed by atoms with van der Waals surface area (Å²) in [7, 11) is 0. The minimum Gasteiger partial charge on any atom is -0.492 e. The third-order valence-electron chi connectivity index (χ3n) is 3.14. The average Bonchev–Trinajstić information content (AvgIpc) is 2.55. The van der Waals surface area contributed by atoms with Gasteiger partial charge in [0.25, 0.3) is 5.91 Å². The zero-order valence-electron chi connectivity index (χ0n) is 13.0. The lowest BCUT2D eigenvalue weighted by Crippen LogP contribution is -2.20. The van der Waals surface area contributed by atoms with E-state index in [9.17, 15) is 4.79 Å². The summed E-state index contributed by atoms with van der Waals surface area (Å²) in [6.07, 6.45) is 0.936. The van der Waals surface area contributed by atoms with Crippen LogP contribution in [-0.2, 0) is 11.2 Å². The molecule has 1 amide bonds. The SMILES string of the molecule is CCOc1ccccc1NC(=O)COc1cccc(CC)c1. The van der Waals surface area contributed by atoms with Crippen molar-refractivity contribution in [3.8, 4) is 11.5 Å². The fourth-order valence-electron chi connectivity index (χ4n) is 2.04. The second-order valence-electron chi connectivity index (χ2n) is 4.77. The molecule has 22 heavy (non-hydrogen) atoms. The predicted octanol–water partition coefficient (Wildman–Crippen LogP) is 3.67. The van der Waals surface area contributed by atoms with Gasteiger partial charge in [-0.3, -0.25) is 4.79 Å². The summed E-state index contributed by atoms with van der Waals surface area (Å²) in [6, 6.07) is 15.1. The topological polar surface area (TPSA) is 47.6 Å². The van der Waals surface area contributed by atoms with Crippen LogP contribution in [0.15, 0.2) is 48.5 Å². The first kappa shape index (κ1) is 15.9. The van der Waals surface area contributed by atoms with E-state index in [1.54, 1.807) is 6.07 Å². The van der Waals surface area contributed by atoms with Gasteiger partial charge >= 0.3 is 0 Å². The molecule has 0 radical (unpaired) electrons. The Bertz CT molecular complexity index is 625. The van der Waals surface area contributed by atoms with Gasteiger partial charge in [-0.25, -0.2) is 0 Å². The monoisotopic (exact) mass is 299 g/mol. The van der Waals surface area contributed by atoms with Gasteiger partial charge in [0.2, 0.25) is 0 Å². The third kappa shape index (κ3) is 4.52. The molecule has 0 fully saturated rings. The van der Waals surface area contributed by atoms with Gasteiger partial charge in [-0.15, -0.1) is 0 Å². The summed E-state index contributed by atoms with van der Waals surface area (Å²) in [6.45, 7) is 4.50. The predicted molar refractivity (Wildman–Crippen MR) is 87.6 cm³/mol. The summed E-state index contributed by atoms with van der Waals surface area (Å²) < 4.78 is 11.0. The molecule has 0 spiro atoms. The van der Waals surface area contributed by atoms with Crippen LogP contribution in [0.4, 0.5) is 5.69 Å². The Kier molecular flexibility index (Phi) is 5.83. The standard InChI is InChI=1S/C18H21NO3/c1-3-14-8-7-9-15(12-14)22-13-18(20)19-16-10-5-6-11-17(16)21-4-2/h5-12H,3-4,13H2,1-2H3,(H,19,20). The molecule has 0 unspecified atom stereocenters. The van der Waals surface area contributed by atoms with Crippen LogP contribution in [0.25, 0.3) is 0 Å². The first-order valence-electron chi connectivity index (χ1n) is 7.46. The van der Waals surface area contributed by atoms with Crippen molar-refractivity contribution in [3.63, 3.8) is 0 Å². The second-order valence-corrected chi connectivity index (χ2v) is 4.77. The molecule has 0 heterocycles. The number of ether oxygens (including phenoxy) is 2. The summed E-state index contributed by atoms with van der Waals surface area (Å²) in [5.41, 5.74) is 1.83. The van der Waals surface area contributed by atoms with Crippen LogP contribution in [0.3, 0.4) is 0 Å². The van der Waals surface area contributed by atoms with E-state index in [1.165, 1.54) is 5.56 Å². The van der Waals surface area contributed by atoms with Crippen LogP contribution in [-0.4, -0.2) is 19.1 Å². The summed E-state index contributed by atoms with van der Waals surface area (Å²) >= 11 is 0. The highest BCUT2D eigenvalue weighted by molar-refractivity contribution is 5.93. The van der Waals surface area contributed by atoms with Gasteiger partial charge < -0.3 is 14.8 Å².